The summed E-state index contributed by atoms with van der Waals surface area (Å²) < 4.78 is 4.67. The number of hydrogen-bond donors (Lipinski definition) is 0. The predicted molar refractivity (Wildman–Crippen MR) is 34.0 cm³/mol. The zero-order valence-corrected chi connectivity index (χ0v) is 5.75. The number of rotatable bonds is 1. The van der Waals surface area contributed by atoms with E-state index in [1.54, 1.807) is 6.92 Å². The van der Waals surface area contributed by atoms with Crippen LogP contribution < -0.4 is 0 Å². The van der Waals surface area contributed by atoms with E-state index in [1.165, 1.54) is 6.92 Å². The standard InChI is InChI=1S/C6H7NO3/c1-3-5(7-9)4(2)10-6(3)8/h4H,1-2H3. The normalized spacial score (nSPS) is 25.0. The van der Waals surface area contributed by atoms with Crippen LogP contribution in [0.3, 0.4) is 0 Å². The minimum absolute atomic E-state index is 0.213. The molecule has 0 aromatic heterocycles. The summed E-state index contributed by atoms with van der Waals surface area (Å²) in [6.07, 6.45) is -0.468. The summed E-state index contributed by atoms with van der Waals surface area (Å²) in [7, 11) is 0. The first-order chi connectivity index (χ1) is 4.66. The number of esters is 1. The fourth-order valence-electron chi connectivity index (χ4n) is 0.857. The maximum atomic E-state index is 10.7. The molecule has 0 fully saturated rings. The minimum atomic E-state index is -0.468. The number of nitroso groups, excluding NO2 is 1. The second-order valence-corrected chi connectivity index (χ2v) is 2.15. The minimum Gasteiger partial charge on any atom is -0.453 e. The molecular formula is C6H7NO3. The van der Waals surface area contributed by atoms with E-state index >= 15 is 0 Å². The van der Waals surface area contributed by atoms with Crippen LogP contribution >= 0.6 is 0 Å². The number of carbonyl (C=O) groups is 1. The Hall–Kier alpha value is -1.19. The van der Waals surface area contributed by atoms with Crippen molar-refractivity contribution in [1.29, 1.82) is 0 Å². The second-order valence-electron chi connectivity index (χ2n) is 2.15. The lowest BCUT2D eigenvalue weighted by molar-refractivity contribution is -0.139. The Bertz CT molecular complexity index is 219. The molecule has 0 saturated carbocycles. The van der Waals surface area contributed by atoms with E-state index in [0.717, 1.165) is 0 Å². The van der Waals surface area contributed by atoms with Gasteiger partial charge in [-0.1, -0.05) is 0 Å². The molecule has 0 amide bonds. The molecule has 0 aromatic rings. The van der Waals surface area contributed by atoms with Gasteiger partial charge in [0.2, 0.25) is 0 Å². The largest absolute Gasteiger partial charge is 0.453 e. The lowest BCUT2D eigenvalue weighted by Crippen LogP contribution is -2.04. The Balaban J connectivity index is 3.01. The Labute approximate surface area is 57.8 Å². The number of cyclic esters (lactones) is 1. The van der Waals surface area contributed by atoms with Crippen molar-refractivity contribution in [3.05, 3.63) is 16.2 Å². The van der Waals surface area contributed by atoms with Crippen LogP contribution in [-0.4, -0.2) is 12.1 Å². The van der Waals surface area contributed by atoms with Crippen molar-refractivity contribution in [2.45, 2.75) is 20.0 Å². The van der Waals surface area contributed by atoms with Gasteiger partial charge in [-0.2, -0.15) is 0 Å². The molecule has 0 aliphatic carbocycles. The highest BCUT2D eigenvalue weighted by Crippen LogP contribution is 2.22. The van der Waals surface area contributed by atoms with E-state index in [0.29, 0.717) is 5.57 Å². The summed E-state index contributed by atoms with van der Waals surface area (Å²) in [6.45, 7) is 3.15. The van der Waals surface area contributed by atoms with Crippen LogP contribution in [0, 0.1) is 4.91 Å². The van der Waals surface area contributed by atoms with Crippen molar-refractivity contribution in [2.24, 2.45) is 5.18 Å². The van der Waals surface area contributed by atoms with Crippen LogP contribution in [0.25, 0.3) is 0 Å². The first-order valence-corrected chi connectivity index (χ1v) is 2.92. The quantitative estimate of drug-likeness (QED) is 0.404. The van der Waals surface area contributed by atoms with Crippen LogP contribution in [-0.2, 0) is 9.53 Å². The molecule has 0 bridgehead atoms. The molecule has 0 spiro atoms. The lowest BCUT2D eigenvalue weighted by Gasteiger charge is -1.98. The third kappa shape index (κ3) is 0.814. The summed E-state index contributed by atoms with van der Waals surface area (Å²) >= 11 is 0. The number of hydrogen-bond acceptors (Lipinski definition) is 4. The van der Waals surface area contributed by atoms with Crippen LogP contribution in [0.5, 0.6) is 0 Å². The average Bonchev–Trinajstić information content (AvgIpc) is 2.09. The van der Waals surface area contributed by atoms with Crippen molar-refractivity contribution < 1.29 is 9.53 Å². The van der Waals surface area contributed by atoms with Gasteiger partial charge in [0.25, 0.3) is 0 Å². The maximum Gasteiger partial charge on any atom is 0.336 e. The molecule has 0 N–H and O–H groups in total. The molecule has 4 heteroatoms. The number of nitrogens with zero attached hydrogens (tertiary/aromatic N) is 1. The average molecular weight is 141 g/mol. The monoisotopic (exact) mass is 141 g/mol. The van der Waals surface area contributed by atoms with Gasteiger partial charge < -0.3 is 4.74 Å². The Morgan fingerprint density at radius 3 is 2.40 bits per heavy atom. The highest BCUT2D eigenvalue weighted by atomic mass is 16.5. The molecule has 1 unspecified atom stereocenters. The molecule has 0 saturated heterocycles. The van der Waals surface area contributed by atoms with Crippen LogP contribution in [0.4, 0.5) is 0 Å². The smallest absolute Gasteiger partial charge is 0.336 e. The zero-order valence-electron chi connectivity index (χ0n) is 5.75. The molecular weight excluding hydrogens is 134 g/mol. The van der Waals surface area contributed by atoms with Crippen molar-refractivity contribution in [3.63, 3.8) is 0 Å². The third-order valence-electron chi connectivity index (χ3n) is 1.46. The van der Waals surface area contributed by atoms with Gasteiger partial charge in [-0.15, -0.1) is 4.91 Å². The first-order valence-electron chi connectivity index (χ1n) is 2.92. The summed E-state index contributed by atoms with van der Waals surface area (Å²) in [6, 6.07) is 0. The van der Waals surface area contributed by atoms with Crippen LogP contribution in [0.1, 0.15) is 13.8 Å². The van der Waals surface area contributed by atoms with Gasteiger partial charge in [-0.25, -0.2) is 4.79 Å². The highest BCUT2D eigenvalue weighted by Gasteiger charge is 2.28. The van der Waals surface area contributed by atoms with E-state index in [2.05, 4.69) is 9.91 Å². The molecule has 54 valence electrons. The van der Waals surface area contributed by atoms with Crippen molar-refractivity contribution in [2.75, 3.05) is 0 Å². The molecule has 4 nitrogen and oxygen atoms in total. The topological polar surface area (TPSA) is 55.7 Å². The maximum absolute atomic E-state index is 10.7. The molecule has 1 aliphatic heterocycles. The van der Waals surface area contributed by atoms with Crippen LogP contribution in [0.15, 0.2) is 16.4 Å². The third-order valence-corrected chi connectivity index (χ3v) is 1.46. The molecule has 10 heavy (non-hydrogen) atoms. The van der Waals surface area contributed by atoms with Gasteiger partial charge in [0, 0.05) is 0 Å². The Morgan fingerprint density at radius 2 is 2.20 bits per heavy atom. The van der Waals surface area contributed by atoms with Crippen molar-refractivity contribution in [3.8, 4) is 0 Å². The number of carbonyl (C=O) groups excluding carboxylic acids is 1. The van der Waals surface area contributed by atoms with E-state index < -0.39 is 12.1 Å². The van der Waals surface area contributed by atoms with Crippen molar-refractivity contribution >= 4 is 5.97 Å². The molecule has 0 radical (unpaired) electrons. The van der Waals surface area contributed by atoms with Gasteiger partial charge in [0.1, 0.15) is 11.8 Å². The lowest BCUT2D eigenvalue weighted by atomic mass is 10.2. The van der Waals surface area contributed by atoms with Gasteiger partial charge in [0.15, 0.2) is 0 Å². The SMILES string of the molecule is CC1=C(N=O)C(C)OC1=O. The fourth-order valence-corrected chi connectivity index (χ4v) is 0.857. The summed E-state index contributed by atoms with van der Waals surface area (Å²) in [5.41, 5.74) is 0.535. The summed E-state index contributed by atoms with van der Waals surface area (Å²) in [5.74, 6) is -0.442. The van der Waals surface area contributed by atoms with Crippen molar-refractivity contribution in [1.82, 2.24) is 0 Å². The summed E-state index contributed by atoms with van der Waals surface area (Å²) in [5, 5.41) is 2.68. The van der Waals surface area contributed by atoms with E-state index in [1.807, 2.05) is 0 Å². The Morgan fingerprint density at radius 1 is 1.60 bits per heavy atom. The van der Waals surface area contributed by atoms with Gasteiger partial charge in [-0.05, 0) is 19.0 Å². The zero-order chi connectivity index (χ0) is 7.72. The highest BCUT2D eigenvalue weighted by molar-refractivity contribution is 5.91. The second kappa shape index (κ2) is 2.21. The van der Waals surface area contributed by atoms with Gasteiger partial charge >= 0.3 is 5.97 Å². The molecule has 1 heterocycles. The Kier molecular flexibility index (Phi) is 1.53. The van der Waals surface area contributed by atoms with Gasteiger partial charge in [-0.3, -0.25) is 0 Å². The van der Waals surface area contributed by atoms with E-state index in [-0.39, 0.29) is 5.70 Å². The first kappa shape index (κ1) is 6.92. The molecule has 1 rings (SSSR count). The predicted octanol–water partition coefficient (Wildman–Crippen LogP) is 0.972. The van der Waals surface area contributed by atoms with Gasteiger partial charge in [0.05, 0.1) is 5.57 Å². The fraction of sp³-hybridized carbons (Fsp3) is 0.500. The van der Waals surface area contributed by atoms with Crippen LogP contribution in [0.2, 0.25) is 0 Å². The molecule has 1 atom stereocenters. The summed E-state index contributed by atoms with van der Waals surface area (Å²) in [4.78, 5) is 20.7. The molecule has 0 aromatic carbocycles. The van der Waals surface area contributed by atoms with E-state index in [9.17, 15) is 9.70 Å². The molecule has 1 aliphatic rings. The van der Waals surface area contributed by atoms with E-state index in [4.69, 9.17) is 0 Å². The number of ether oxygens (including phenoxy) is 1.